The summed E-state index contributed by atoms with van der Waals surface area (Å²) in [4.78, 5) is 11.8. The maximum atomic E-state index is 4.65. The van der Waals surface area contributed by atoms with E-state index in [0.717, 1.165) is 24.8 Å². The molecule has 4 heteroatoms. The topological polar surface area (TPSA) is 28.0 Å². The van der Waals surface area contributed by atoms with Gasteiger partial charge in [0, 0.05) is 24.9 Å². The minimum Gasteiger partial charge on any atom is -0.349 e. The first kappa shape index (κ1) is 16.9. The predicted octanol–water partition coefficient (Wildman–Crippen LogP) is 4.09. The molecule has 1 saturated heterocycles. The average Bonchev–Trinajstić information content (AvgIpc) is 2.52. The van der Waals surface area contributed by atoms with Crippen LogP contribution in [0.25, 0.3) is 0 Å². The Balaban J connectivity index is 2.05. The van der Waals surface area contributed by atoms with Crippen molar-refractivity contribution < 1.29 is 0 Å². The van der Waals surface area contributed by atoms with Gasteiger partial charge in [0.2, 0.25) is 0 Å². The molecule has 120 valence electrons. The number of hydrogen-bond donors (Lipinski definition) is 0. The second kappa shape index (κ2) is 8.21. The summed E-state index contributed by atoms with van der Waals surface area (Å²) in [6.45, 7) is 9.13. The van der Waals surface area contributed by atoms with Crippen LogP contribution in [0.3, 0.4) is 0 Å². The monoisotopic (exact) mass is 309 g/mol. The van der Waals surface area contributed by atoms with E-state index >= 15 is 0 Å². The summed E-state index contributed by atoms with van der Waals surface area (Å²) in [5.74, 6) is 1.45. The molecule has 1 unspecified atom stereocenters. The Morgan fingerprint density at radius 1 is 1.43 bits per heavy atom. The summed E-state index contributed by atoms with van der Waals surface area (Å²) in [7, 11) is 1.96. The smallest absolute Gasteiger partial charge is 0.159 e. The number of nitrogens with zero attached hydrogens (tertiary/aromatic N) is 3. The quantitative estimate of drug-likeness (QED) is 0.580. The van der Waals surface area contributed by atoms with Crippen LogP contribution in [0.1, 0.15) is 52.9 Å². The Bertz CT molecular complexity index is 378. The third-order valence-electron chi connectivity index (χ3n) is 4.92. The van der Waals surface area contributed by atoms with Gasteiger partial charge in [-0.2, -0.15) is 0 Å². The molecule has 3 nitrogen and oxygen atoms in total. The SMILES string of the molecule is CC[C@@H]1CCCCN1/C(=N/C)SC1CN=CC[C@H]1C(C)C. The lowest BCUT2D eigenvalue weighted by molar-refractivity contribution is 0.239. The molecule has 0 bridgehead atoms. The van der Waals surface area contributed by atoms with Crippen molar-refractivity contribution in [2.75, 3.05) is 20.1 Å². The molecule has 1 fully saturated rings. The zero-order valence-electron chi connectivity index (χ0n) is 14.1. The zero-order chi connectivity index (χ0) is 15.2. The molecule has 2 aliphatic rings. The summed E-state index contributed by atoms with van der Waals surface area (Å²) in [5.41, 5.74) is 0. The first-order valence-corrected chi connectivity index (χ1v) is 9.43. The summed E-state index contributed by atoms with van der Waals surface area (Å²) in [6.07, 6.45) is 8.50. The van der Waals surface area contributed by atoms with Crippen molar-refractivity contribution in [3.05, 3.63) is 0 Å². The van der Waals surface area contributed by atoms with Crippen molar-refractivity contribution in [2.45, 2.75) is 64.2 Å². The van der Waals surface area contributed by atoms with Crippen LogP contribution in [0.4, 0.5) is 0 Å². The van der Waals surface area contributed by atoms with Gasteiger partial charge in [-0.25, -0.2) is 0 Å². The Labute approximate surface area is 134 Å². The number of aliphatic imine (C=N–C) groups is 2. The second-order valence-electron chi connectivity index (χ2n) is 6.61. The fourth-order valence-corrected chi connectivity index (χ4v) is 5.06. The van der Waals surface area contributed by atoms with Crippen LogP contribution in [-0.4, -0.2) is 47.7 Å². The second-order valence-corrected chi connectivity index (χ2v) is 7.81. The molecule has 0 aromatic rings. The van der Waals surface area contributed by atoms with Gasteiger partial charge >= 0.3 is 0 Å². The van der Waals surface area contributed by atoms with Crippen LogP contribution in [-0.2, 0) is 0 Å². The highest BCUT2D eigenvalue weighted by Gasteiger charge is 2.31. The van der Waals surface area contributed by atoms with Gasteiger partial charge < -0.3 is 4.90 Å². The molecule has 0 radical (unpaired) electrons. The van der Waals surface area contributed by atoms with Gasteiger partial charge in [-0.05, 0) is 50.2 Å². The van der Waals surface area contributed by atoms with Gasteiger partial charge in [0.25, 0.3) is 0 Å². The molecule has 21 heavy (non-hydrogen) atoms. The lowest BCUT2D eigenvalue weighted by atomic mass is 9.88. The van der Waals surface area contributed by atoms with Crippen molar-refractivity contribution in [3.63, 3.8) is 0 Å². The summed E-state index contributed by atoms with van der Waals surface area (Å²) in [5, 5.41) is 1.85. The molecule has 2 aliphatic heterocycles. The van der Waals surface area contributed by atoms with Gasteiger partial charge in [-0.15, -0.1) is 0 Å². The zero-order valence-corrected chi connectivity index (χ0v) is 14.9. The van der Waals surface area contributed by atoms with Gasteiger partial charge in [-0.3, -0.25) is 9.98 Å². The van der Waals surface area contributed by atoms with E-state index in [2.05, 4.69) is 41.9 Å². The largest absolute Gasteiger partial charge is 0.349 e. The molecule has 0 amide bonds. The Hall–Kier alpha value is -0.510. The van der Waals surface area contributed by atoms with Crippen LogP contribution in [0, 0.1) is 11.8 Å². The van der Waals surface area contributed by atoms with Crippen LogP contribution < -0.4 is 0 Å². The summed E-state index contributed by atoms with van der Waals surface area (Å²) < 4.78 is 0. The Kier molecular flexibility index (Phi) is 6.59. The van der Waals surface area contributed by atoms with E-state index in [0.29, 0.717) is 11.3 Å². The average molecular weight is 310 g/mol. The highest BCUT2D eigenvalue weighted by molar-refractivity contribution is 8.14. The van der Waals surface area contributed by atoms with Crippen molar-refractivity contribution in [2.24, 2.45) is 21.8 Å². The van der Waals surface area contributed by atoms with E-state index in [1.165, 1.54) is 37.4 Å². The standard InChI is InChI=1S/C17H31N3S/c1-5-14-8-6-7-11-20(14)17(18-4)21-16-12-19-10-9-15(16)13(2)3/h10,13-16H,5-9,11-12H2,1-4H3/b18-17-/t14-,15+,16?/m1/s1. The number of hydrogen-bond acceptors (Lipinski definition) is 3. The van der Waals surface area contributed by atoms with E-state index in [9.17, 15) is 0 Å². The van der Waals surface area contributed by atoms with Gasteiger partial charge in [0.1, 0.15) is 0 Å². The molecule has 0 aliphatic carbocycles. The maximum absolute atomic E-state index is 4.65. The predicted molar refractivity (Wildman–Crippen MR) is 95.7 cm³/mol. The molecular weight excluding hydrogens is 278 g/mol. The van der Waals surface area contributed by atoms with Crippen LogP contribution in [0.5, 0.6) is 0 Å². The third kappa shape index (κ3) is 4.24. The molecular formula is C17H31N3S. The fourth-order valence-electron chi connectivity index (χ4n) is 3.55. The lowest BCUT2D eigenvalue weighted by Gasteiger charge is -2.39. The number of piperidine rings is 1. The molecule has 3 atom stereocenters. The summed E-state index contributed by atoms with van der Waals surface area (Å²) >= 11 is 1.99. The minimum absolute atomic E-state index is 0.591. The van der Waals surface area contributed by atoms with Crippen molar-refractivity contribution >= 4 is 23.1 Å². The maximum Gasteiger partial charge on any atom is 0.159 e. The Morgan fingerprint density at radius 2 is 2.24 bits per heavy atom. The molecule has 2 heterocycles. The first-order chi connectivity index (χ1) is 10.2. The normalized spacial score (nSPS) is 31.0. The molecule has 0 spiro atoms. The van der Waals surface area contributed by atoms with E-state index in [1.54, 1.807) is 0 Å². The molecule has 0 aromatic heterocycles. The van der Waals surface area contributed by atoms with Gasteiger partial charge in [0.15, 0.2) is 5.17 Å². The highest BCUT2D eigenvalue weighted by atomic mass is 32.2. The summed E-state index contributed by atoms with van der Waals surface area (Å²) in [6, 6.07) is 0.689. The van der Waals surface area contributed by atoms with Crippen LogP contribution in [0.15, 0.2) is 9.98 Å². The fraction of sp³-hybridized carbons (Fsp3) is 0.882. The lowest BCUT2D eigenvalue weighted by Crippen LogP contribution is -2.43. The van der Waals surface area contributed by atoms with Crippen LogP contribution in [0.2, 0.25) is 0 Å². The van der Waals surface area contributed by atoms with E-state index in [-0.39, 0.29) is 0 Å². The number of amidine groups is 1. The molecule has 0 saturated carbocycles. The first-order valence-electron chi connectivity index (χ1n) is 8.55. The Morgan fingerprint density at radius 3 is 2.90 bits per heavy atom. The van der Waals surface area contributed by atoms with Gasteiger partial charge in [0.05, 0.1) is 6.54 Å². The van der Waals surface area contributed by atoms with E-state index in [1.807, 2.05) is 18.8 Å². The van der Waals surface area contributed by atoms with Crippen molar-refractivity contribution in [1.82, 2.24) is 4.90 Å². The van der Waals surface area contributed by atoms with Crippen molar-refractivity contribution in [1.29, 1.82) is 0 Å². The third-order valence-corrected chi connectivity index (χ3v) is 6.35. The minimum atomic E-state index is 0.591. The number of thioether (sulfide) groups is 1. The van der Waals surface area contributed by atoms with Crippen molar-refractivity contribution in [3.8, 4) is 0 Å². The van der Waals surface area contributed by atoms with Crippen LogP contribution >= 0.6 is 11.8 Å². The van der Waals surface area contributed by atoms with E-state index in [4.69, 9.17) is 0 Å². The van der Waals surface area contributed by atoms with Gasteiger partial charge in [-0.1, -0.05) is 32.5 Å². The van der Waals surface area contributed by atoms with E-state index < -0.39 is 0 Å². The number of rotatable bonds is 3. The molecule has 0 aromatic carbocycles. The molecule has 0 N–H and O–H groups in total. The highest BCUT2D eigenvalue weighted by Crippen LogP contribution is 2.34. The molecule has 2 rings (SSSR count). The number of likely N-dealkylation sites (tertiary alicyclic amines) is 1.